The van der Waals surface area contributed by atoms with Crippen LogP contribution in [0.15, 0.2) is 72.8 Å². The average molecular weight is 319 g/mol. The molecule has 0 spiro atoms. The van der Waals surface area contributed by atoms with Gasteiger partial charge in [0.25, 0.3) is 0 Å². The van der Waals surface area contributed by atoms with Crippen molar-refractivity contribution in [3.8, 4) is 16.9 Å². The van der Waals surface area contributed by atoms with Gasteiger partial charge in [0.15, 0.2) is 0 Å². The number of rotatable bonds is 4. The van der Waals surface area contributed by atoms with Crippen LogP contribution < -0.4 is 4.90 Å². The zero-order valence-electron chi connectivity index (χ0n) is 13.2. The van der Waals surface area contributed by atoms with Gasteiger partial charge in [-0.15, -0.1) is 0 Å². The molecular weight excluding hydrogens is 302 g/mol. The molecule has 0 heterocycles. The van der Waals surface area contributed by atoms with Crippen molar-refractivity contribution in [3.05, 3.63) is 78.4 Å². The molecule has 0 aliphatic carbocycles. The first kappa shape index (κ1) is 15.6. The van der Waals surface area contributed by atoms with E-state index in [1.807, 2.05) is 36.4 Å². The Hall–Kier alpha value is -3.27. The number of aromatic hydroxyl groups is 1. The predicted octanol–water partition coefficient (Wildman–Crippen LogP) is 4.53. The molecule has 2 N–H and O–H groups in total. The molecule has 24 heavy (non-hydrogen) atoms. The van der Waals surface area contributed by atoms with Gasteiger partial charge in [-0.2, -0.15) is 0 Å². The van der Waals surface area contributed by atoms with Gasteiger partial charge in [-0.1, -0.05) is 48.5 Å². The Labute approximate surface area is 140 Å². The minimum atomic E-state index is -1.01. The molecule has 0 atom stereocenters. The van der Waals surface area contributed by atoms with Crippen LogP contribution in [0.25, 0.3) is 11.1 Å². The lowest BCUT2D eigenvalue weighted by Gasteiger charge is -2.23. The van der Waals surface area contributed by atoms with Gasteiger partial charge in [0, 0.05) is 7.05 Å². The number of carboxylic acid groups (broad SMARTS) is 1. The summed E-state index contributed by atoms with van der Waals surface area (Å²) in [5.41, 5.74) is 3.16. The summed E-state index contributed by atoms with van der Waals surface area (Å²) in [6.07, 6.45) is 0. The highest BCUT2D eigenvalue weighted by Gasteiger charge is 2.17. The molecule has 3 aromatic carbocycles. The number of nitrogens with zero attached hydrogens (tertiary/aromatic N) is 1. The van der Waals surface area contributed by atoms with E-state index in [0.717, 1.165) is 11.1 Å². The number of aromatic carboxylic acids is 1. The molecule has 0 aliphatic rings. The fraction of sp³-hybridized carbons (Fsp3) is 0.0500. The van der Waals surface area contributed by atoms with Crippen LogP contribution in [0, 0.1) is 0 Å². The molecule has 4 heteroatoms. The summed E-state index contributed by atoms with van der Waals surface area (Å²) in [6, 6.07) is 21.8. The van der Waals surface area contributed by atoms with E-state index in [-0.39, 0.29) is 11.3 Å². The first-order chi connectivity index (χ1) is 11.6. The van der Waals surface area contributed by atoms with E-state index in [1.54, 1.807) is 48.3 Å². The molecule has 0 aliphatic heterocycles. The Balaban J connectivity index is 2.14. The summed E-state index contributed by atoms with van der Waals surface area (Å²) in [4.78, 5) is 13.3. The summed E-state index contributed by atoms with van der Waals surface area (Å²) >= 11 is 0. The number of phenols is 1. The maximum atomic E-state index is 11.6. The van der Waals surface area contributed by atoms with Crippen LogP contribution in [-0.4, -0.2) is 23.2 Å². The number of para-hydroxylation sites is 2. The number of carbonyl (C=O) groups is 1. The molecule has 0 radical (unpaired) electrons. The third-order valence-electron chi connectivity index (χ3n) is 3.94. The van der Waals surface area contributed by atoms with Gasteiger partial charge in [-0.3, -0.25) is 0 Å². The zero-order chi connectivity index (χ0) is 17.1. The second kappa shape index (κ2) is 6.46. The van der Waals surface area contributed by atoms with Gasteiger partial charge in [0.2, 0.25) is 0 Å². The van der Waals surface area contributed by atoms with Crippen LogP contribution in [0.3, 0.4) is 0 Å². The lowest BCUT2D eigenvalue weighted by atomic mass is 10.0. The summed E-state index contributed by atoms with van der Waals surface area (Å²) in [5, 5.41) is 19.6. The Morgan fingerprint density at radius 1 is 0.833 bits per heavy atom. The van der Waals surface area contributed by atoms with Crippen LogP contribution in [0.2, 0.25) is 0 Å². The molecule has 120 valence electrons. The predicted molar refractivity (Wildman–Crippen MR) is 95.0 cm³/mol. The van der Waals surface area contributed by atoms with Crippen LogP contribution in [0.4, 0.5) is 11.4 Å². The monoisotopic (exact) mass is 319 g/mol. The Bertz CT molecular complexity index is 875. The number of carboxylic acids is 1. The van der Waals surface area contributed by atoms with Crippen LogP contribution in [0.1, 0.15) is 10.4 Å². The van der Waals surface area contributed by atoms with E-state index in [0.29, 0.717) is 11.4 Å². The Morgan fingerprint density at radius 3 is 2.17 bits per heavy atom. The topological polar surface area (TPSA) is 60.8 Å². The van der Waals surface area contributed by atoms with E-state index in [4.69, 9.17) is 0 Å². The largest absolute Gasteiger partial charge is 0.506 e. The van der Waals surface area contributed by atoms with Crippen molar-refractivity contribution >= 4 is 17.3 Å². The smallest absolute Gasteiger partial charge is 0.337 e. The van der Waals surface area contributed by atoms with Crippen molar-refractivity contribution in [2.24, 2.45) is 0 Å². The van der Waals surface area contributed by atoms with Crippen LogP contribution in [0.5, 0.6) is 5.75 Å². The van der Waals surface area contributed by atoms with Crippen molar-refractivity contribution in [1.82, 2.24) is 0 Å². The normalized spacial score (nSPS) is 10.4. The molecule has 0 saturated heterocycles. The molecule has 0 aromatic heterocycles. The lowest BCUT2D eigenvalue weighted by Crippen LogP contribution is -2.14. The summed E-state index contributed by atoms with van der Waals surface area (Å²) in [7, 11) is 1.74. The molecular formula is C20H17NO3. The molecule has 4 nitrogen and oxygen atoms in total. The average Bonchev–Trinajstić information content (AvgIpc) is 2.61. The molecule has 0 amide bonds. The second-order valence-corrected chi connectivity index (χ2v) is 5.45. The maximum absolute atomic E-state index is 11.6. The lowest BCUT2D eigenvalue weighted by molar-refractivity contribution is 0.0697. The van der Waals surface area contributed by atoms with Gasteiger partial charge >= 0.3 is 5.97 Å². The second-order valence-electron chi connectivity index (χ2n) is 5.45. The van der Waals surface area contributed by atoms with E-state index >= 15 is 0 Å². The van der Waals surface area contributed by atoms with Gasteiger partial charge < -0.3 is 15.1 Å². The molecule has 0 fully saturated rings. The van der Waals surface area contributed by atoms with Crippen LogP contribution in [-0.2, 0) is 0 Å². The van der Waals surface area contributed by atoms with E-state index in [9.17, 15) is 15.0 Å². The number of benzene rings is 3. The standard InChI is InChI=1S/C20H17NO3/c1-21(17-9-5-6-10-19(17)22)18-13-15(11-12-16(18)20(23)24)14-7-3-2-4-8-14/h2-13,22H,1H3,(H,23,24). The molecule has 0 unspecified atom stereocenters. The van der Waals surface area contributed by atoms with Crippen molar-refractivity contribution in [2.75, 3.05) is 11.9 Å². The number of phenolic OH excluding ortho intramolecular Hbond substituents is 1. The summed E-state index contributed by atoms with van der Waals surface area (Å²) in [5.74, 6) is -0.909. The Morgan fingerprint density at radius 2 is 1.50 bits per heavy atom. The zero-order valence-corrected chi connectivity index (χ0v) is 13.2. The maximum Gasteiger partial charge on any atom is 0.337 e. The van der Waals surface area contributed by atoms with Gasteiger partial charge in [0.1, 0.15) is 5.75 Å². The number of anilines is 2. The SMILES string of the molecule is CN(c1ccccc1O)c1cc(-c2ccccc2)ccc1C(=O)O. The first-order valence-electron chi connectivity index (χ1n) is 7.52. The summed E-state index contributed by atoms with van der Waals surface area (Å²) in [6.45, 7) is 0. The Kier molecular flexibility index (Phi) is 4.20. The van der Waals surface area contributed by atoms with E-state index in [1.165, 1.54) is 0 Å². The van der Waals surface area contributed by atoms with Crippen molar-refractivity contribution in [3.63, 3.8) is 0 Å². The molecule has 3 aromatic rings. The molecule has 0 saturated carbocycles. The van der Waals surface area contributed by atoms with Crippen LogP contribution >= 0.6 is 0 Å². The van der Waals surface area contributed by atoms with E-state index < -0.39 is 5.97 Å². The third-order valence-corrected chi connectivity index (χ3v) is 3.94. The van der Waals surface area contributed by atoms with Gasteiger partial charge in [-0.25, -0.2) is 4.79 Å². The summed E-state index contributed by atoms with van der Waals surface area (Å²) < 4.78 is 0. The van der Waals surface area contributed by atoms with Crippen molar-refractivity contribution in [2.45, 2.75) is 0 Å². The van der Waals surface area contributed by atoms with Crippen molar-refractivity contribution in [1.29, 1.82) is 0 Å². The number of hydrogen-bond acceptors (Lipinski definition) is 3. The fourth-order valence-corrected chi connectivity index (χ4v) is 2.68. The van der Waals surface area contributed by atoms with Crippen molar-refractivity contribution < 1.29 is 15.0 Å². The minimum absolute atomic E-state index is 0.0986. The molecule has 3 rings (SSSR count). The fourth-order valence-electron chi connectivity index (χ4n) is 2.68. The van der Waals surface area contributed by atoms with Gasteiger partial charge in [0.05, 0.1) is 16.9 Å². The van der Waals surface area contributed by atoms with Gasteiger partial charge in [-0.05, 0) is 35.4 Å². The third kappa shape index (κ3) is 2.94. The first-order valence-corrected chi connectivity index (χ1v) is 7.52. The van der Waals surface area contributed by atoms with E-state index in [2.05, 4.69) is 0 Å². The quantitative estimate of drug-likeness (QED) is 0.742. The highest BCUT2D eigenvalue weighted by atomic mass is 16.4. The minimum Gasteiger partial charge on any atom is -0.506 e. The molecule has 0 bridgehead atoms. The highest BCUT2D eigenvalue weighted by molar-refractivity contribution is 5.97. The number of hydrogen-bond donors (Lipinski definition) is 2. The highest BCUT2D eigenvalue weighted by Crippen LogP contribution is 2.35.